The topological polar surface area (TPSA) is 110 Å². The molecule has 0 aliphatic heterocycles. The van der Waals surface area contributed by atoms with Crippen LogP contribution in [0.3, 0.4) is 0 Å². The third-order valence-electron chi connectivity index (χ3n) is 2.92. The molecule has 0 amide bonds. The molecular weight excluding hydrogens is 244 g/mol. The number of hydrogen-bond acceptors (Lipinski definition) is 5. The second-order valence-corrected chi connectivity index (χ2v) is 5.73. The zero-order chi connectivity index (χ0) is 12.5. The van der Waals surface area contributed by atoms with E-state index in [2.05, 4.69) is 14.9 Å². The molecule has 1 aromatic heterocycles. The fourth-order valence-electron chi connectivity index (χ4n) is 1.81. The monoisotopic (exact) mass is 260 g/mol. The molecule has 96 valence electrons. The fraction of sp³-hybridized carbons (Fsp3) is 0.667. The van der Waals surface area contributed by atoms with Gasteiger partial charge in [-0.1, -0.05) is 0 Å². The van der Waals surface area contributed by atoms with E-state index in [0.717, 1.165) is 0 Å². The molecule has 1 aliphatic rings. The SMILES string of the molecule is COC1CC(NS(=O)(=O)c2[nH]ncc2CN)C1. The molecule has 1 aliphatic carbocycles. The predicted octanol–water partition coefficient (Wildman–Crippen LogP) is -0.676. The molecule has 1 aromatic rings. The molecule has 0 unspecified atom stereocenters. The molecule has 0 saturated heterocycles. The molecule has 4 N–H and O–H groups in total. The van der Waals surface area contributed by atoms with Gasteiger partial charge in [0.1, 0.15) is 0 Å². The highest BCUT2D eigenvalue weighted by atomic mass is 32.2. The number of nitrogens with two attached hydrogens (primary N) is 1. The summed E-state index contributed by atoms with van der Waals surface area (Å²) in [5.41, 5.74) is 5.93. The molecule has 0 atom stereocenters. The molecule has 2 rings (SSSR count). The van der Waals surface area contributed by atoms with Gasteiger partial charge < -0.3 is 10.5 Å². The maximum Gasteiger partial charge on any atom is 0.258 e. The second-order valence-electron chi connectivity index (χ2n) is 4.08. The smallest absolute Gasteiger partial charge is 0.258 e. The largest absolute Gasteiger partial charge is 0.381 e. The summed E-state index contributed by atoms with van der Waals surface area (Å²) in [6.45, 7) is 0.137. The lowest BCUT2D eigenvalue weighted by Crippen LogP contribution is -2.47. The Morgan fingerprint density at radius 2 is 2.35 bits per heavy atom. The average molecular weight is 260 g/mol. The first-order valence-corrected chi connectivity index (χ1v) is 6.82. The van der Waals surface area contributed by atoms with Gasteiger partial charge in [0.15, 0.2) is 5.03 Å². The molecule has 0 radical (unpaired) electrons. The van der Waals surface area contributed by atoms with Gasteiger partial charge in [0.25, 0.3) is 10.0 Å². The first-order valence-electron chi connectivity index (χ1n) is 5.34. The van der Waals surface area contributed by atoms with E-state index in [1.807, 2.05) is 0 Å². The van der Waals surface area contributed by atoms with Gasteiger partial charge in [0.05, 0.1) is 12.3 Å². The van der Waals surface area contributed by atoms with Gasteiger partial charge >= 0.3 is 0 Å². The van der Waals surface area contributed by atoms with E-state index in [9.17, 15) is 8.42 Å². The first-order chi connectivity index (χ1) is 8.06. The number of H-pyrrole nitrogens is 1. The van der Waals surface area contributed by atoms with Gasteiger partial charge in [-0.25, -0.2) is 13.1 Å². The van der Waals surface area contributed by atoms with Crippen molar-refractivity contribution in [1.82, 2.24) is 14.9 Å². The number of aromatic nitrogens is 2. The summed E-state index contributed by atoms with van der Waals surface area (Å²) in [6.07, 6.45) is 2.97. The summed E-state index contributed by atoms with van der Waals surface area (Å²) < 4.78 is 31.7. The van der Waals surface area contributed by atoms with E-state index in [4.69, 9.17) is 10.5 Å². The number of methoxy groups -OCH3 is 1. The van der Waals surface area contributed by atoms with E-state index >= 15 is 0 Å². The molecule has 7 nitrogen and oxygen atoms in total. The lowest BCUT2D eigenvalue weighted by molar-refractivity contribution is 0.0236. The number of sulfonamides is 1. The highest BCUT2D eigenvalue weighted by Gasteiger charge is 2.33. The Hall–Kier alpha value is -0.960. The minimum atomic E-state index is -3.56. The van der Waals surface area contributed by atoms with Crippen molar-refractivity contribution >= 4 is 10.0 Å². The van der Waals surface area contributed by atoms with Crippen LogP contribution < -0.4 is 10.5 Å². The summed E-state index contributed by atoms with van der Waals surface area (Å²) in [5, 5.41) is 6.21. The predicted molar refractivity (Wildman–Crippen MR) is 60.6 cm³/mol. The minimum absolute atomic E-state index is 0.0564. The van der Waals surface area contributed by atoms with Crippen LogP contribution in [0.4, 0.5) is 0 Å². The number of hydrogen-bond donors (Lipinski definition) is 3. The minimum Gasteiger partial charge on any atom is -0.381 e. The van der Waals surface area contributed by atoms with Crippen molar-refractivity contribution in [2.45, 2.75) is 36.6 Å². The second kappa shape index (κ2) is 4.73. The average Bonchev–Trinajstić information content (AvgIpc) is 2.71. The Balaban J connectivity index is 2.05. The zero-order valence-electron chi connectivity index (χ0n) is 9.51. The molecule has 0 aromatic carbocycles. The molecule has 17 heavy (non-hydrogen) atoms. The molecule has 1 fully saturated rings. The molecule has 8 heteroatoms. The first kappa shape index (κ1) is 12.5. The zero-order valence-corrected chi connectivity index (χ0v) is 10.3. The summed E-state index contributed by atoms with van der Waals surface area (Å²) >= 11 is 0. The van der Waals surface area contributed by atoms with E-state index in [1.165, 1.54) is 6.20 Å². The molecule has 0 bridgehead atoms. The van der Waals surface area contributed by atoms with Crippen molar-refractivity contribution in [3.05, 3.63) is 11.8 Å². The van der Waals surface area contributed by atoms with Crippen LogP contribution in [0.15, 0.2) is 11.2 Å². The van der Waals surface area contributed by atoms with Crippen LogP contribution in [0.25, 0.3) is 0 Å². The van der Waals surface area contributed by atoms with Gasteiger partial charge in [-0.3, -0.25) is 5.10 Å². The molecular formula is C9H16N4O3S. The van der Waals surface area contributed by atoms with Crippen LogP contribution in [-0.2, 0) is 21.3 Å². The maximum absolute atomic E-state index is 12.0. The normalized spacial score (nSPS) is 24.6. The van der Waals surface area contributed by atoms with Crippen LogP contribution in [0.1, 0.15) is 18.4 Å². The van der Waals surface area contributed by atoms with Crippen LogP contribution >= 0.6 is 0 Å². The molecule has 0 spiro atoms. The van der Waals surface area contributed by atoms with Crippen molar-refractivity contribution < 1.29 is 13.2 Å². The van der Waals surface area contributed by atoms with Crippen LogP contribution in [-0.4, -0.2) is 37.9 Å². The third-order valence-corrected chi connectivity index (χ3v) is 4.45. The van der Waals surface area contributed by atoms with Crippen LogP contribution in [0.2, 0.25) is 0 Å². The van der Waals surface area contributed by atoms with Crippen molar-refractivity contribution in [1.29, 1.82) is 0 Å². The Kier molecular flexibility index (Phi) is 3.48. The number of ether oxygens (including phenoxy) is 1. The number of nitrogens with zero attached hydrogens (tertiary/aromatic N) is 1. The Bertz CT molecular complexity index is 478. The highest BCUT2D eigenvalue weighted by molar-refractivity contribution is 7.89. The Morgan fingerprint density at radius 1 is 1.65 bits per heavy atom. The van der Waals surface area contributed by atoms with E-state index in [-0.39, 0.29) is 23.7 Å². The highest BCUT2D eigenvalue weighted by Crippen LogP contribution is 2.24. The standard InChI is InChI=1S/C9H16N4O3S/c1-16-8-2-7(3-8)13-17(14,15)9-6(4-10)5-11-12-9/h5,7-8,13H,2-4,10H2,1H3,(H,11,12). The van der Waals surface area contributed by atoms with Gasteiger partial charge in [0, 0.05) is 25.3 Å². The van der Waals surface area contributed by atoms with E-state index < -0.39 is 10.0 Å². The van der Waals surface area contributed by atoms with Gasteiger partial charge in [-0.15, -0.1) is 0 Å². The number of nitrogens with one attached hydrogen (secondary N) is 2. The quantitative estimate of drug-likeness (QED) is 0.650. The van der Waals surface area contributed by atoms with Crippen molar-refractivity contribution in [3.8, 4) is 0 Å². The van der Waals surface area contributed by atoms with Gasteiger partial charge in [-0.2, -0.15) is 5.10 Å². The Morgan fingerprint density at radius 3 is 2.94 bits per heavy atom. The van der Waals surface area contributed by atoms with Gasteiger partial charge in [0.2, 0.25) is 0 Å². The molecule has 1 saturated carbocycles. The third kappa shape index (κ3) is 2.49. The molecule has 1 heterocycles. The number of rotatable bonds is 5. The van der Waals surface area contributed by atoms with E-state index in [1.54, 1.807) is 7.11 Å². The number of aromatic amines is 1. The van der Waals surface area contributed by atoms with Gasteiger partial charge in [-0.05, 0) is 12.8 Å². The fourth-order valence-corrected chi connectivity index (χ4v) is 3.21. The summed E-state index contributed by atoms with van der Waals surface area (Å²) in [5.74, 6) is 0. The maximum atomic E-state index is 12.0. The van der Waals surface area contributed by atoms with Crippen LogP contribution in [0.5, 0.6) is 0 Å². The Labute approximate surface area is 99.8 Å². The summed E-state index contributed by atoms with van der Waals surface area (Å²) in [7, 11) is -1.93. The summed E-state index contributed by atoms with van der Waals surface area (Å²) in [4.78, 5) is 0. The van der Waals surface area contributed by atoms with Crippen molar-refractivity contribution in [3.63, 3.8) is 0 Å². The van der Waals surface area contributed by atoms with E-state index in [0.29, 0.717) is 18.4 Å². The van der Waals surface area contributed by atoms with Crippen LogP contribution in [0, 0.1) is 0 Å². The lowest BCUT2D eigenvalue weighted by atomic mass is 9.90. The van der Waals surface area contributed by atoms with Crippen molar-refractivity contribution in [2.24, 2.45) is 5.73 Å². The van der Waals surface area contributed by atoms with Crippen molar-refractivity contribution in [2.75, 3.05) is 7.11 Å². The summed E-state index contributed by atoms with van der Waals surface area (Å²) in [6, 6.07) is -0.0705. The lowest BCUT2D eigenvalue weighted by Gasteiger charge is -2.34.